The first-order valence-corrected chi connectivity index (χ1v) is 12.2. The number of carbonyl (C=O) groups excluding carboxylic acids is 3. The van der Waals surface area contributed by atoms with E-state index in [0.717, 1.165) is 36.8 Å². The Morgan fingerprint density at radius 1 is 1.26 bits per heavy atom. The van der Waals surface area contributed by atoms with Gasteiger partial charge in [-0.25, -0.2) is 0 Å². The highest BCUT2D eigenvalue weighted by Gasteiger charge is 2.53. The van der Waals surface area contributed by atoms with Crippen molar-refractivity contribution in [1.29, 1.82) is 5.26 Å². The molecule has 3 aliphatic heterocycles. The van der Waals surface area contributed by atoms with E-state index in [1.807, 2.05) is 23.1 Å². The van der Waals surface area contributed by atoms with E-state index in [2.05, 4.69) is 11.0 Å². The zero-order valence-electron chi connectivity index (χ0n) is 19.8. The number of benzene rings is 1. The van der Waals surface area contributed by atoms with Crippen LogP contribution in [0.3, 0.4) is 0 Å². The van der Waals surface area contributed by atoms with Crippen molar-refractivity contribution in [1.82, 2.24) is 19.6 Å². The van der Waals surface area contributed by atoms with Gasteiger partial charge in [0.05, 0.1) is 24.2 Å². The van der Waals surface area contributed by atoms with Gasteiger partial charge in [0.2, 0.25) is 11.8 Å². The third-order valence-corrected chi connectivity index (χ3v) is 7.93. The second-order valence-corrected chi connectivity index (χ2v) is 10.2. The molecule has 9 heteroatoms. The molecule has 0 saturated carbocycles. The number of hydrogen-bond donors (Lipinski definition) is 1. The first kappa shape index (κ1) is 22.8. The minimum Gasteiger partial charge on any atom is -0.345 e. The fourth-order valence-corrected chi connectivity index (χ4v) is 6.28. The molecule has 2 bridgehead atoms. The molecule has 0 unspecified atom stereocenters. The average Bonchev–Trinajstić information content (AvgIpc) is 3.60. The van der Waals surface area contributed by atoms with Gasteiger partial charge >= 0.3 is 0 Å². The second kappa shape index (κ2) is 8.67. The van der Waals surface area contributed by atoms with E-state index in [0.29, 0.717) is 31.6 Å². The number of nitrogens with zero attached hydrogens (tertiary/aromatic N) is 5. The monoisotopic (exact) mass is 464 g/mol. The van der Waals surface area contributed by atoms with E-state index in [1.165, 1.54) is 0 Å². The molecule has 0 aromatic heterocycles. The van der Waals surface area contributed by atoms with Gasteiger partial charge in [-0.2, -0.15) is 5.26 Å². The molecule has 0 radical (unpaired) electrons. The van der Waals surface area contributed by atoms with Crippen LogP contribution in [0.5, 0.6) is 0 Å². The highest BCUT2D eigenvalue weighted by molar-refractivity contribution is 5.94. The molecule has 180 valence electrons. The van der Waals surface area contributed by atoms with Crippen molar-refractivity contribution in [3.63, 3.8) is 0 Å². The maximum absolute atomic E-state index is 13.4. The van der Waals surface area contributed by atoms with Crippen LogP contribution in [0.2, 0.25) is 0 Å². The predicted octanol–water partition coefficient (Wildman–Crippen LogP) is 0.503. The molecule has 3 saturated heterocycles. The van der Waals surface area contributed by atoms with E-state index in [1.54, 1.807) is 23.9 Å². The van der Waals surface area contributed by atoms with Gasteiger partial charge in [-0.05, 0) is 55.4 Å². The molecule has 5 atom stereocenters. The Balaban J connectivity index is 1.25. The van der Waals surface area contributed by atoms with Gasteiger partial charge in [-0.1, -0.05) is 6.07 Å². The first-order valence-electron chi connectivity index (χ1n) is 12.2. The summed E-state index contributed by atoms with van der Waals surface area (Å²) in [5, 5.41) is 9.28. The third kappa shape index (κ3) is 3.65. The number of rotatable bonds is 5. The molecule has 3 fully saturated rings. The normalized spacial score (nSPS) is 28.8. The summed E-state index contributed by atoms with van der Waals surface area (Å²) in [6, 6.07) is 6.83. The maximum Gasteiger partial charge on any atom is 0.253 e. The van der Waals surface area contributed by atoms with Gasteiger partial charge in [0.15, 0.2) is 0 Å². The van der Waals surface area contributed by atoms with Crippen LogP contribution in [0.1, 0.15) is 53.2 Å². The van der Waals surface area contributed by atoms with Crippen LogP contribution >= 0.6 is 0 Å². The van der Waals surface area contributed by atoms with Crippen LogP contribution in [-0.4, -0.2) is 95.2 Å². The summed E-state index contributed by atoms with van der Waals surface area (Å²) in [4.78, 5) is 45.8. The fourth-order valence-electron chi connectivity index (χ4n) is 6.28. The lowest BCUT2D eigenvalue weighted by Crippen LogP contribution is -2.56. The highest BCUT2D eigenvalue weighted by atomic mass is 16.2. The van der Waals surface area contributed by atoms with Crippen LogP contribution < -0.4 is 5.73 Å². The summed E-state index contributed by atoms with van der Waals surface area (Å²) >= 11 is 0. The molecular formula is C25H32N6O3. The van der Waals surface area contributed by atoms with Gasteiger partial charge in [0.1, 0.15) is 6.04 Å². The van der Waals surface area contributed by atoms with Crippen molar-refractivity contribution in [2.24, 2.45) is 5.73 Å². The number of likely N-dealkylation sites (tertiary alicyclic amines) is 3. The predicted molar refractivity (Wildman–Crippen MR) is 124 cm³/mol. The van der Waals surface area contributed by atoms with E-state index >= 15 is 0 Å². The van der Waals surface area contributed by atoms with Crippen LogP contribution in [0.4, 0.5) is 0 Å². The van der Waals surface area contributed by atoms with Gasteiger partial charge in [-0.15, -0.1) is 0 Å². The van der Waals surface area contributed by atoms with Crippen molar-refractivity contribution >= 4 is 17.7 Å². The van der Waals surface area contributed by atoms with Crippen molar-refractivity contribution in [3.8, 4) is 6.07 Å². The molecule has 1 aliphatic carbocycles. The maximum atomic E-state index is 13.4. The zero-order chi connectivity index (χ0) is 24.1. The molecule has 3 heterocycles. The minimum atomic E-state index is -0.727. The summed E-state index contributed by atoms with van der Waals surface area (Å²) in [5.74, 6) is -0.0960. The number of hydrogen-bond acceptors (Lipinski definition) is 6. The Hall–Kier alpha value is -2.96. The lowest BCUT2D eigenvalue weighted by atomic mass is 10.0. The smallest absolute Gasteiger partial charge is 0.253 e. The Labute approximate surface area is 200 Å². The molecule has 34 heavy (non-hydrogen) atoms. The number of carbonyl (C=O) groups is 3. The molecule has 0 spiro atoms. The van der Waals surface area contributed by atoms with Gasteiger partial charge in [-0.3, -0.25) is 19.3 Å². The number of nitrogens with two attached hydrogens (primary N) is 1. The summed E-state index contributed by atoms with van der Waals surface area (Å²) in [6.45, 7) is 1.63. The Morgan fingerprint density at radius 3 is 2.76 bits per heavy atom. The fraction of sp³-hybridized carbons (Fsp3) is 0.600. The van der Waals surface area contributed by atoms with Crippen LogP contribution in [0.25, 0.3) is 0 Å². The number of piperazine rings is 1. The van der Waals surface area contributed by atoms with Crippen molar-refractivity contribution in [3.05, 3.63) is 34.9 Å². The standard InChI is InChI=1S/C25H32N6O3/c1-28(2)23(32)16-5-7-19-15(10-16)6-8-21(19)31-18-11-22(25(31)34)29(13-18)14-20(27)24(33)30-9-3-4-17(30)12-26/h5,7,10,17-18,20-22H,3-4,6,8-9,11,13-14,27H2,1-2H3/t17-,18+,20-,21+,22+/m0/s1. The largest absolute Gasteiger partial charge is 0.345 e. The van der Waals surface area contributed by atoms with E-state index in [4.69, 9.17) is 5.73 Å². The summed E-state index contributed by atoms with van der Waals surface area (Å²) in [6.07, 6.45) is 4.01. The second-order valence-electron chi connectivity index (χ2n) is 10.2. The highest BCUT2D eigenvalue weighted by Crippen LogP contribution is 2.44. The molecule has 4 aliphatic rings. The van der Waals surface area contributed by atoms with Crippen molar-refractivity contribution in [2.45, 2.75) is 62.3 Å². The topological polar surface area (TPSA) is 114 Å². The number of aryl methyl sites for hydroxylation is 1. The van der Waals surface area contributed by atoms with Crippen LogP contribution in [-0.2, 0) is 16.0 Å². The van der Waals surface area contributed by atoms with Gasteiger partial charge in [0, 0.05) is 45.3 Å². The molecular weight excluding hydrogens is 432 g/mol. The molecule has 1 aromatic carbocycles. The zero-order valence-corrected chi connectivity index (χ0v) is 19.8. The van der Waals surface area contributed by atoms with Crippen LogP contribution in [0.15, 0.2) is 18.2 Å². The van der Waals surface area contributed by atoms with Gasteiger partial charge in [0.25, 0.3) is 5.91 Å². The molecule has 9 nitrogen and oxygen atoms in total. The van der Waals surface area contributed by atoms with E-state index in [9.17, 15) is 19.6 Å². The van der Waals surface area contributed by atoms with E-state index in [-0.39, 0.29) is 41.9 Å². The first-order chi connectivity index (χ1) is 16.3. The number of fused-ring (bicyclic) bond motifs is 3. The number of amides is 3. The van der Waals surface area contributed by atoms with Crippen LogP contribution in [0, 0.1) is 11.3 Å². The third-order valence-electron chi connectivity index (χ3n) is 7.93. The summed E-state index contributed by atoms with van der Waals surface area (Å²) in [7, 11) is 3.49. The molecule has 5 rings (SSSR count). The summed E-state index contributed by atoms with van der Waals surface area (Å²) < 4.78 is 0. The Kier molecular flexibility index (Phi) is 5.82. The van der Waals surface area contributed by atoms with E-state index < -0.39 is 6.04 Å². The lowest BCUT2D eigenvalue weighted by molar-refractivity contribution is -0.141. The molecule has 1 aromatic rings. The minimum absolute atomic E-state index is 0.0147. The Bertz CT molecular complexity index is 1070. The van der Waals surface area contributed by atoms with Crippen molar-refractivity contribution in [2.75, 3.05) is 33.7 Å². The van der Waals surface area contributed by atoms with Crippen molar-refractivity contribution < 1.29 is 14.4 Å². The summed E-state index contributed by atoms with van der Waals surface area (Å²) in [5.41, 5.74) is 9.23. The van der Waals surface area contributed by atoms with Gasteiger partial charge < -0.3 is 20.4 Å². The quantitative estimate of drug-likeness (QED) is 0.679. The molecule has 2 N–H and O–H groups in total. The average molecular weight is 465 g/mol. The Morgan fingerprint density at radius 2 is 2.06 bits per heavy atom. The lowest BCUT2D eigenvalue weighted by Gasteiger charge is -2.38. The SMILES string of the molecule is CN(C)C(=O)c1ccc2c(c1)CC[C@H]2N1C(=O)[C@H]2C[C@@H]1CN2C[C@H](N)C(=O)N1CCC[C@H]1C#N. The molecule has 3 amide bonds. The number of nitriles is 1.